The van der Waals surface area contributed by atoms with Crippen LogP contribution < -0.4 is 0 Å². The van der Waals surface area contributed by atoms with Crippen LogP contribution in [0.3, 0.4) is 0 Å². The van der Waals surface area contributed by atoms with Gasteiger partial charge in [-0.1, -0.05) is 39.0 Å². The van der Waals surface area contributed by atoms with Crippen LogP contribution >= 0.6 is 0 Å². The lowest BCUT2D eigenvalue weighted by atomic mass is 10.1. The van der Waals surface area contributed by atoms with Crippen LogP contribution in [0, 0.1) is 0 Å². The number of esters is 1. The van der Waals surface area contributed by atoms with Gasteiger partial charge in [-0.15, -0.1) is 0 Å². The molecule has 0 aromatic carbocycles. The van der Waals surface area contributed by atoms with Gasteiger partial charge in [0.1, 0.15) is 0 Å². The smallest absolute Gasteiger partial charge is 0.308 e. The van der Waals surface area contributed by atoms with Gasteiger partial charge in [0.2, 0.25) is 0 Å². The number of unbranched alkanes of at least 4 members (excludes halogenated alkanes) is 5. The van der Waals surface area contributed by atoms with E-state index < -0.39 is 0 Å². The number of carbonyl (C=O) groups is 1. The molecule has 0 aliphatic carbocycles. The third kappa shape index (κ3) is 17.4. The topological polar surface area (TPSA) is 54.0 Å². The molecule has 0 bridgehead atoms. The molecule has 5 heteroatoms. The van der Waals surface area contributed by atoms with Crippen LogP contribution in [0.4, 0.5) is 0 Å². The molecule has 0 N–H and O–H groups in total. The fourth-order valence-corrected chi connectivity index (χ4v) is 1.92. The zero-order valence-corrected chi connectivity index (χ0v) is 14.4. The second-order valence-electron chi connectivity index (χ2n) is 5.16. The molecule has 0 aliphatic rings. The molecule has 0 saturated carbocycles. The van der Waals surface area contributed by atoms with Gasteiger partial charge in [-0.3, -0.25) is 4.79 Å². The van der Waals surface area contributed by atoms with Gasteiger partial charge < -0.3 is 18.9 Å². The van der Waals surface area contributed by atoms with Crippen molar-refractivity contribution in [1.82, 2.24) is 0 Å². The summed E-state index contributed by atoms with van der Waals surface area (Å²) in [7, 11) is 0. The Morgan fingerprint density at radius 2 is 1.23 bits per heavy atom. The normalized spacial score (nSPS) is 10.8. The maximum Gasteiger partial charge on any atom is 0.308 e. The van der Waals surface area contributed by atoms with E-state index in [1.54, 1.807) is 6.92 Å². The predicted octanol–water partition coefficient (Wildman–Crippen LogP) is 3.35. The zero-order valence-electron chi connectivity index (χ0n) is 14.4. The lowest BCUT2D eigenvalue weighted by Gasteiger charge is -2.07. The molecule has 0 amide bonds. The summed E-state index contributed by atoms with van der Waals surface area (Å²) in [6.07, 6.45) is 7.99. The molecule has 0 unspecified atom stereocenters. The molecular weight excluding hydrogens is 284 g/mol. The Balaban J connectivity index is 3.01. The molecule has 0 aromatic rings. The minimum absolute atomic E-state index is 0.216. The van der Waals surface area contributed by atoms with Gasteiger partial charge in [-0.25, -0.2) is 0 Å². The van der Waals surface area contributed by atoms with E-state index in [9.17, 15) is 4.79 Å². The molecule has 0 atom stereocenters. The van der Waals surface area contributed by atoms with Crippen molar-refractivity contribution in [2.45, 2.75) is 58.8 Å². The van der Waals surface area contributed by atoms with Crippen LogP contribution in [0.2, 0.25) is 0 Å². The first-order valence-electron chi connectivity index (χ1n) is 8.70. The van der Waals surface area contributed by atoms with Gasteiger partial charge in [-0.2, -0.15) is 0 Å². The van der Waals surface area contributed by atoms with Crippen molar-refractivity contribution in [2.24, 2.45) is 0 Å². The number of carbonyl (C=O) groups excluding carboxylic acids is 1. The molecule has 0 heterocycles. The van der Waals surface area contributed by atoms with E-state index in [0.717, 1.165) is 13.0 Å². The van der Waals surface area contributed by atoms with Crippen molar-refractivity contribution >= 4 is 5.97 Å². The van der Waals surface area contributed by atoms with Crippen LogP contribution in [0.15, 0.2) is 0 Å². The van der Waals surface area contributed by atoms with E-state index in [2.05, 4.69) is 6.92 Å². The summed E-state index contributed by atoms with van der Waals surface area (Å²) in [6.45, 7) is 7.91. The number of hydrogen-bond donors (Lipinski definition) is 0. The van der Waals surface area contributed by atoms with Gasteiger partial charge in [0.25, 0.3) is 0 Å². The molecule has 22 heavy (non-hydrogen) atoms. The molecule has 0 spiro atoms. The first-order valence-corrected chi connectivity index (χ1v) is 8.70. The monoisotopic (exact) mass is 318 g/mol. The molecule has 0 radical (unpaired) electrons. The first-order chi connectivity index (χ1) is 10.8. The van der Waals surface area contributed by atoms with Gasteiger partial charge >= 0.3 is 5.97 Å². The zero-order chi connectivity index (χ0) is 16.3. The predicted molar refractivity (Wildman–Crippen MR) is 87.1 cm³/mol. The summed E-state index contributed by atoms with van der Waals surface area (Å²) in [4.78, 5) is 11.0. The molecule has 0 rings (SSSR count). The summed E-state index contributed by atoms with van der Waals surface area (Å²) in [5, 5.41) is 0. The van der Waals surface area contributed by atoms with Crippen LogP contribution in [-0.2, 0) is 23.7 Å². The quantitative estimate of drug-likeness (QED) is 0.304. The van der Waals surface area contributed by atoms with Crippen molar-refractivity contribution in [1.29, 1.82) is 0 Å². The highest BCUT2D eigenvalue weighted by molar-refractivity contribution is 5.69. The van der Waals surface area contributed by atoms with Gasteiger partial charge in [0, 0.05) is 6.61 Å². The van der Waals surface area contributed by atoms with Crippen molar-refractivity contribution in [2.75, 3.05) is 46.2 Å². The Hall–Kier alpha value is -0.650. The molecule has 0 aliphatic heterocycles. The number of ether oxygens (including phenoxy) is 4. The first kappa shape index (κ1) is 21.4. The Bertz CT molecular complexity index is 233. The Morgan fingerprint density at radius 1 is 0.682 bits per heavy atom. The number of rotatable bonds is 17. The summed E-state index contributed by atoms with van der Waals surface area (Å²) in [5.41, 5.74) is 0. The van der Waals surface area contributed by atoms with Crippen molar-refractivity contribution in [3.05, 3.63) is 0 Å². The van der Waals surface area contributed by atoms with Crippen LogP contribution in [0.1, 0.15) is 58.8 Å². The Kier molecular flexibility index (Phi) is 17.9. The fraction of sp³-hybridized carbons (Fsp3) is 0.941. The largest absolute Gasteiger partial charge is 0.466 e. The lowest BCUT2D eigenvalue weighted by Crippen LogP contribution is -2.12. The van der Waals surface area contributed by atoms with Crippen LogP contribution in [0.5, 0.6) is 0 Å². The average Bonchev–Trinajstić information content (AvgIpc) is 2.51. The minimum atomic E-state index is -0.216. The third-order valence-electron chi connectivity index (χ3n) is 3.14. The summed E-state index contributed by atoms with van der Waals surface area (Å²) < 4.78 is 21.0. The van der Waals surface area contributed by atoms with Crippen molar-refractivity contribution in [3.8, 4) is 0 Å². The average molecular weight is 318 g/mol. The highest BCUT2D eigenvalue weighted by Crippen LogP contribution is 2.04. The van der Waals surface area contributed by atoms with Crippen molar-refractivity contribution in [3.63, 3.8) is 0 Å². The molecule has 0 fully saturated rings. The van der Waals surface area contributed by atoms with E-state index in [1.807, 2.05) is 0 Å². The summed E-state index contributed by atoms with van der Waals surface area (Å²) >= 11 is 0. The van der Waals surface area contributed by atoms with Gasteiger partial charge in [0.05, 0.1) is 46.1 Å². The minimum Gasteiger partial charge on any atom is -0.466 e. The second-order valence-corrected chi connectivity index (χ2v) is 5.16. The Morgan fingerprint density at radius 3 is 1.86 bits per heavy atom. The maximum atomic E-state index is 11.0. The van der Waals surface area contributed by atoms with E-state index >= 15 is 0 Å². The van der Waals surface area contributed by atoms with E-state index in [0.29, 0.717) is 46.1 Å². The molecule has 132 valence electrons. The lowest BCUT2D eigenvalue weighted by molar-refractivity contribution is -0.144. The summed E-state index contributed by atoms with van der Waals surface area (Å²) in [6, 6.07) is 0. The van der Waals surface area contributed by atoms with E-state index in [-0.39, 0.29) is 5.97 Å². The SMILES string of the molecule is CCCCCCCCOCCOCCOCCC(=O)OCC. The molecule has 0 saturated heterocycles. The maximum absolute atomic E-state index is 11.0. The molecular formula is C17H34O5. The van der Waals surface area contributed by atoms with E-state index in [1.165, 1.54) is 32.1 Å². The highest BCUT2D eigenvalue weighted by Gasteiger charge is 2.00. The van der Waals surface area contributed by atoms with Gasteiger partial charge in [-0.05, 0) is 13.3 Å². The highest BCUT2D eigenvalue weighted by atomic mass is 16.5. The summed E-state index contributed by atoms with van der Waals surface area (Å²) in [5.74, 6) is -0.216. The van der Waals surface area contributed by atoms with Crippen molar-refractivity contribution < 1.29 is 23.7 Å². The number of hydrogen-bond acceptors (Lipinski definition) is 5. The second kappa shape index (κ2) is 18.4. The Labute approximate surface area is 135 Å². The third-order valence-corrected chi connectivity index (χ3v) is 3.14. The fourth-order valence-electron chi connectivity index (χ4n) is 1.92. The van der Waals surface area contributed by atoms with Gasteiger partial charge in [0.15, 0.2) is 0 Å². The molecule has 0 aromatic heterocycles. The van der Waals surface area contributed by atoms with E-state index in [4.69, 9.17) is 18.9 Å². The standard InChI is InChI=1S/C17H34O5/c1-3-5-6-7-8-9-11-19-13-15-21-16-14-20-12-10-17(18)22-4-2/h3-16H2,1-2H3. The van der Waals surface area contributed by atoms with Crippen LogP contribution in [0.25, 0.3) is 0 Å². The molecule has 5 nitrogen and oxygen atoms in total. The van der Waals surface area contributed by atoms with Crippen LogP contribution in [-0.4, -0.2) is 52.2 Å².